The molecule has 4 rings (SSSR count). The Hall–Kier alpha value is -3.00. The van der Waals surface area contributed by atoms with E-state index in [0.717, 1.165) is 22.7 Å². The van der Waals surface area contributed by atoms with Gasteiger partial charge in [-0.2, -0.15) is 0 Å². The summed E-state index contributed by atoms with van der Waals surface area (Å²) in [6.45, 7) is 3.36. The highest BCUT2D eigenvalue weighted by atomic mass is 32.1. The van der Waals surface area contributed by atoms with Crippen LogP contribution in [0.1, 0.15) is 33.4 Å². The van der Waals surface area contributed by atoms with Crippen LogP contribution < -0.4 is 5.32 Å². The number of hydrogen-bond acceptors (Lipinski definition) is 5. The van der Waals surface area contributed by atoms with E-state index in [0.29, 0.717) is 30.2 Å². The summed E-state index contributed by atoms with van der Waals surface area (Å²) in [5, 5.41) is 3.32. The molecular weight excluding hydrogens is 362 g/mol. The number of fused-ring (bicyclic) bond motifs is 1. The van der Waals surface area contributed by atoms with Crippen LogP contribution >= 0.6 is 11.3 Å². The first kappa shape index (κ1) is 17.4. The number of amides is 2. The lowest BCUT2D eigenvalue weighted by Crippen LogP contribution is -2.35. The Labute approximate surface area is 160 Å². The van der Waals surface area contributed by atoms with Crippen LogP contribution in [0, 0.1) is 0 Å². The molecule has 27 heavy (non-hydrogen) atoms. The van der Waals surface area contributed by atoms with E-state index in [2.05, 4.69) is 15.3 Å². The minimum absolute atomic E-state index is 0.0179. The minimum atomic E-state index is -0.134. The lowest BCUT2D eigenvalue weighted by Gasteiger charge is -2.26. The van der Waals surface area contributed by atoms with E-state index >= 15 is 0 Å². The van der Waals surface area contributed by atoms with E-state index in [1.54, 1.807) is 12.5 Å². The highest BCUT2D eigenvalue weighted by Gasteiger charge is 2.25. The van der Waals surface area contributed by atoms with Crippen LogP contribution in [0.4, 0.5) is 5.13 Å². The first-order valence-corrected chi connectivity index (χ1v) is 9.50. The van der Waals surface area contributed by atoms with Gasteiger partial charge >= 0.3 is 0 Å². The number of nitrogens with zero attached hydrogens (tertiary/aromatic N) is 4. The monoisotopic (exact) mass is 381 g/mol. The van der Waals surface area contributed by atoms with Crippen LogP contribution in [0.3, 0.4) is 0 Å². The highest BCUT2D eigenvalue weighted by Crippen LogP contribution is 2.29. The van der Waals surface area contributed by atoms with Crippen molar-refractivity contribution in [1.82, 2.24) is 19.4 Å². The smallest absolute Gasteiger partial charge is 0.254 e. The van der Waals surface area contributed by atoms with Crippen molar-refractivity contribution in [1.29, 1.82) is 0 Å². The topological polar surface area (TPSA) is 80.1 Å². The van der Waals surface area contributed by atoms with Crippen LogP contribution in [0.5, 0.6) is 0 Å². The van der Waals surface area contributed by atoms with Crippen molar-refractivity contribution >= 4 is 28.3 Å². The molecule has 1 aliphatic rings. The Morgan fingerprint density at radius 3 is 2.78 bits per heavy atom. The molecule has 1 N–H and O–H groups in total. The van der Waals surface area contributed by atoms with Crippen molar-refractivity contribution < 1.29 is 9.59 Å². The number of benzene rings is 1. The fourth-order valence-corrected chi connectivity index (χ4v) is 4.17. The van der Waals surface area contributed by atoms with E-state index in [4.69, 9.17) is 0 Å². The van der Waals surface area contributed by atoms with Crippen molar-refractivity contribution in [3.05, 3.63) is 64.7 Å². The SMILES string of the molecule is CC(=O)Nc1nc2c(s1)CN(C(=O)c1ccc(Cn3ccnc3)cc1)CC2. The fraction of sp³-hybridized carbons (Fsp3) is 0.263. The predicted octanol–water partition coefficient (Wildman–Crippen LogP) is 2.54. The average molecular weight is 381 g/mol. The maximum absolute atomic E-state index is 12.8. The van der Waals surface area contributed by atoms with Gasteiger partial charge in [-0.3, -0.25) is 9.59 Å². The van der Waals surface area contributed by atoms with Gasteiger partial charge in [0.25, 0.3) is 5.91 Å². The van der Waals surface area contributed by atoms with Gasteiger partial charge in [0.2, 0.25) is 5.91 Å². The first-order valence-electron chi connectivity index (χ1n) is 8.68. The summed E-state index contributed by atoms with van der Waals surface area (Å²) >= 11 is 1.44. The van der Waals surface area contributed by atoms with Crippen LogP contribution in [-0.2, 0) is 24.3 Å². The van der Waals surface area contributed by atoms with E-state index in [1.165, 1.54) is 18.3 Å². The van der Waals surface area contributed by atoms with Gasteiger partial charge in [-0.05, 0) is 17.7 Å². The number of imidazole rings is 1. The predicted molar refractivity (Wildman–Crippen MR) is 103 cm³/mol. The average Bonchev–Trinajstić information content (AvgIpc) is 3.29. The quantitative estimate of drug-likeness (QED) is 0.753. The van der Waals surface area contributed by atoms with Gasteiger partial charge in [0.15, 0.2) is 5.13 Å². The highest BCUT2D eigenvalue weighted by molar-refractivity contribution is 7.15. The number of thiazole rings is 1. The van der Waals surface area contributed by atoms with Crippen molar-refractivity contribution in [2.45, 2.75) is 26.4 Å². The summed E-state index contributed by atoms with van der Waals surface area (Å²) in [5.74, 6) is -0.117. The van der Waals surface area contributed by atoms with E-state index in [1.807, 2.05) is 39.9 Å². The second kappa shape index (κ2) is 7.32. The molecule has 0 saturated heterocycles. The molecule has 8 heteroatoms. The van der Waals surface area contributed by atoms with E-state index < -0.39 is 0 Å². The number of aromatic nitrogens is 3. The Morgan fingerprint density at radius 2 is 2.07 bits per heavy atom. The third kappa shape index (κ3) is 3.90. The fourth-order valence-electron chi connectivity index (χ4n) is 3.10. The normalized spacial score (nSPS) is 13.3. The molecule has 0 spiro atoms. The largest absolute Gasteiger partial charge is 0.333 e. The Morgan fingerprint density at radius 1 is 1.26 bits per heavy atom. The third-order valence-corrected chi connectivity index (χ3v) is 5.42. The molecule has 1 aromatic carbocycles. The summed E-state index contributed by atoms with van der Waals surface area (Å²) in [4.78, 5) is 35.4. The first-order chi connectivity index (χ1) is 13.1. The Kier molecular flexibility index (Phi) is 4.72. The Bertz CT molecular complexity index is 963. The number of nitrogens with one attached hydrogen (secondary N) is 1. The van der Waals surface area contributed by atoms with Crippen molar-refractivity contribution in [3.8, 4) is 0 Å². The molecule has 138 valence electrons. The van der Waals surface area contributed by atoms with Crippen LogP contribution in [0.2, 0.25) is 0 Å². The standard InChI is InChI=1S/C19H19N5O2S/c1-13(25)21-19-22-16-6-8-24(11-17(16)27-19)18(26)15-4-2-14(3-5-15)10-23-9-7-20-12-23/h2-5,7,9,12H,6,8,10-11H2,1H3,(H,21,22,25). The van der Waals surface area contributed by atoms with Gasteiger partial charge < -0.3 is 14.8 Å². The minimum Gasteiger partial charge on any atom is -0.333 e. The van der Waals surface area contributed by atoms with E-state index in [-0.39, 0.29) is 11.8 Å². The molecule has 0 aliphatic carbocycles. The lowest BCUT2D eigenvalue weighted by atomic mass is 10.1. The molecule has 1 aliphatic heterocycles. The zero-order valence-corrected chi connectivity index (χ0v) is 15.7. The summed E-state index contributed by atoms with van der Waals surface area (Å²) in [6.07, 6.45) is 6.14. The second-order valence-electron chi connectivity index (χ2n) is 6.48. The molecule has 0 unspecified atom stereocenters. The van der Waals surface area contributed by atoms with Crippen LogP contribution in [0.25, 0.3) is 0 Å². The third-order valence-electron chi connectivity index (χ3n) is 4.43. The van der Waals surface area contributed by atoms with Crippen LogP contribution in [-0.4, -0.2) is 37.8 Å². The molecule has 3 heterocycles. The summed E-state index contributed by atoms with van der Waals surface area (Å²) < 4.78 is 1.99. The van der Waals surface area contributed by atoms with Gasteiger partial charge in [0.1, 0.15) is 0 Å². The molecule has 0 radical (unpaired) electrons. The van der Waals surface area contributed by atoms with Crippen molar-refractivity contribution in [2.75, 3.05) is 11.9 Å². The van der Waals surface area contributed by atoms with Gasteiger partial charge in [0, 0.05) is 49.3 Å². The van der Waals surface area contributed by atoms with Crippen molar-refractivity contribution in [2.24, 2.45) is 0 Å². The maximum atomic E-state index is 12.8. The Balaban J connectivity index is 1.44. The zero-order valence-electron chi connectivity index (χ0n) is 14.9. The number of rotatable bonds is 4. The number of carbonyl (C=O) groups is 2. The molecule has 0 saturated carbocycles. The van der Waals surface area contributed by atoms with Crippen molar-refractivity contribution in [3.63, 3.8) is 0 Å². The molecule has 7 nitrogen and oxygen atoms in total. The van der Waals surface area contributed by atoms with Crippen LogP contribution in [0.15, 0.2) is 43.0 Å². The molecule has 0 fully saturated rings. The molecule has 2 aromatic heterocycles. The summed E-state index contributed by atoms with van der Waals surface area (Å²) in [5.41, 5.74) is 2.77. The number of hydrogen-bond donors (Lipinski definition) is 1. The number of anilines is 1. The molecular formula is C19H19N5O2S. The molecule has 0 atom stereocenters. The lowest BCUT2D eigenvalue weighted by molar-refractivity contribution is -0.114. The number of carbonyl (C=O) groups excluding carboxylic acids is 2. The molecule has 2 amide bonds. The maximum Gasteiger partial charge on any atom is 0.254 e. The van der Waals surface area contributed by atoms with E-state index in [9.17, 15) is 9.59 Å². The molecule has 3 aromatic rings. The second-order valence-corrected chi connectivity index (χ2v) is 7.56. The van der Waals surface area contributed by atoms with Gasteiger partial charge in [-0.15, -0.1) is 0 Å². The van der Waals surface area contributed by atoms with Gasteiger partial charge in [-0.1, -0.05) is 23.5 Å². The summed E-state index contributed by atoms with van der Waals surface area (Å²) in [7, 11) is 0. The zero-order chi connectivity index (χ0) is 18.8. The van der Waals surface area contributed by atoms with Gasteiger partial charge in [0.05, 0.1) is 18.6 Å². The molecule has 0 bridgehead atoms. The van der Waals surface area contributed by atoms with Gasteiger partial charge in [-0.25, -0.2) is 9.97 Å². The summed E-state index contributed by atoms with van der Waals surface area (Å²) in [6, 6.07) is 7.70.